The third-order valence-corrected chi connectivity index (χ3v) is 4.99. The molecule has 4 heterocycles. The highest BCUT2D eigenvalue weighted by molar-refractivity contribution is 5.87. The molecule has 0 unspecified atom stereocenters. The molecule has 0 atom stereocenters. The Hall–Kier alpha value is -3.70. The number of pyridine rings is 1. The summed E-state index contributed by atoms with van der Waals surface area (Å²) in [5, 5.41) is 15.1. The van der Waals surface area contributed by atoms with Crippen molar-refractivity contribution >= 4 is 28.2 Å². The Balaban J connectivity index is 1.71. The minimum atomic E-state index is 0.286. The van der Waals surface area contributed by atoms with Gasteiger partial charge < -0.3 is 15.4 Å². The number of rotatable bonds is 2. The molecule has 1 aromatic carbocycles. The Bertz CT molecular complexity index is 1230. The van der Waals surface area contributed by atoms with Crippen LogP contribution in [0.3, 0.4) is 0 Å². The largest absolute Gasteiger partial charge is 0.382 e. The lowest BCUT2D eigenvalue weighted by Gasteiger charge is -2.28. The molecule has 2 N–H and O–H groups in total. The van der Waals surface area contributed by atoms with Gasteiger partial charge in [-0.25, -0.2) is 4.98 Å². The van der Waals surface area contributed by atoms with Crippen LogP contribution in [0, 0.1) is 11.3 Å². The second kappa shape index (κ2) is 6.48. The molecular formula is C20H17N7O. The number of hydrogen-bond acceptors (Lipinski definition) is 7. The Morgan fingerprint density at radius 1 is 1.14 bits per heavy atom. The summed E-state index contributed by atoms with van der Waals surface area (Å²) in [7, 11) is 0. The normalized spacial score (nSPS) is 14.5. The van der Waals surface area contributed by atoms with Gasteiger partial charge in [-0.05, 0) is 12.1 Å². The maximum atomic E-state index is 9.65. The highest BCUT2D eigenvalue weighted by atomic mass is 16.5. The van der Waals surface area contributed by atoms with E-state index in [2.05, 4.69) is 22.2 Å². The Morgan fingerprint density at radius 2 is 1.96 bits per heavy atom. The van der Waals surface area contributed by atoms with Gasteiger partial charge in [0.1, 0.15) is 17.5 Å². The molecule has 4 aromatic rings. The molecule has 1 saturated heterocycles. The zero-order valence-electron chi connectivity index (χ0n) is 15.0. The van der Waals surface area contributed by atoms with Crippen molar-refractivity contribution in [3.05, 3.63) is 48.3 Å². The van der Waals surface area contributed by atoms with Crippen LogP contribution in [0.5, 0.6) is 0 Å². The van der Waals surface area contributed by atoms with Crippen molar-refractivity contribution in [2.75, 3.05) is 36.9 Å². The van der Waals surface area contributed by atoms with E-state index in [1.807, 2.05) is 35.4 Å². The number of nitrogens with zero attached hydrogens (tertiary/aromatic N) is 6. The molecule has 138 valence electrons. The van der Waals surface area contributed by atoms with Crippen molar-refractivity contribution in [1.82, 2.24) is 19.6 Å². The minimum Gasteiger partial charge on any atom is -0.382 e. The topological polar surface area (TPSA) is 105 Å². The van der Waals surface area contributed by atoms with E-state index in [1.54, 1.807) is 6.20 Å². The number of nitrogens with two attached hydrogens (primary N) is 1. The van der Waals surface area contributed by atoms with E-state index >= 15 is 0 Å². The van der Waals surface area contributed by atoms with Crippen LogP contribution in [-0.4, -0.2) is 45.9 Å². The van der Waals surface area contributed by atoms with Crippen LogP contribution in [0.2, 0.25) is 0 Å². The first-order chi connectivity index (χ1) is 13.8. The van der Waals surface area contributed by atoms with Crippen LogP contribution in [0.25, 0.3) is 27.7 Å². The average Bonchev–Trinajstić information content (AvgIpc) is 3.18. The number of fused-ring (bicyclic) bond motifs is 2. The highest BCUT2D eigenvalue weighted by Gasteiger charge is 2.23. The lowest BCUT2D eigenvalue weighted by molar-refractivity contribution is 0.122. The van der Waals surface area contributed by atoms with Crippen molar-refractivity contribution in [2.24, 2.45) is 0 Å². The summed E-state index contributed by atoms with van der Waals surface area (Å²) in [6.07, 6.45) is 3.53. The van der Waals surface area contributed by atoms with Crippen molar-refractivity contribution in [3.8, 4) is 17.2 Å². The Labute approximate surface area is 160 Å². The van der Waals surface area contributed by atoms with Crippen LogP contribution in [0.4, 0.5) is 11.6 Å². The second-order valence-electron chi connectivity index (χ2n) is 6.62. The number of nitrogen functional groups attached to an aromatic ring is 1. The number of morpholine rings is 1. The zero-order chi connectivity index (χ0) is 19.1. The third kappa shape index (κ3) is 2.52. The highest BCUT2D eigenvalue weighted by Crippen LogP contribution is 2.31. The molecule has 0 radical (unpaired) electrons. The van der Waals surface area contributed by atoms with Gasteiger partial charge in [-0.1, -0.05) is 18.2 Å². The van der Waals surface area contributed by atoms with E-state index in [1.165, 1.54) is 4.52 Å². The maximum Gasteiger partial charge on any atom is 0.167 e. The standard InChI is InChI=1S/C20H17N7O/c21-10-15-18(22)27-20(25-19(15)26-5-7-28-8-6-26)16(12-24-27)14-9-13-3-1-2-4-17(13)23-11-14/h1-4,9,11-12H,5-8,22H2. The summed E-state index contributed by atoms with van der Waals surface area (Å²) in [6, 6.07) is 12.2. The van der Waals surface area contributed by atoms with Crippen LogP contribution in [0.15, 0.2) is 42.7 Å². The second-order valence-corrected chi connectivity index (χ2v) is 6.62. The molecule has 8 nitrogen and oxygen atoms in total. The van der Waals surface area contributed by atoms with Crippen molar-refractivity contribution in [3.63, 3.8) is 0 Å². The summed E-state index contributed by atoms with van der Waals surface area (Å²) in [6.45, 7) is 2.52. The average molecular weight is 371 g/mol. The van der Waals surface area contributed by atoms with E-state index in [-0.39, 0.29) is 5.82 Å². The van der Waals surface area contributed by atoms with Gasteiger partial charge in [-0.3, -0.25) is 4.98 Å². The molecule has 0 aliphatic carbocycles. The van der Waals surface area contributed by atoms with Gasteiger partial charge in [-0.2, -0.15) is 14.9 Å². The van der Waals surface area contributed by atoms with Gasteiger partial charge in [0.25, 0.3) is 0 Å². The predicted molar refractivity (Wildman–Crippen MR) is 106 cm³/mol. The lowest BCUT2D eigenvalue weighted by atomic mass is 10.1. The first-order valence-electron chi connectivity index (χ1n) is 9.01. The van der Waals surface area contributed by atoms with Crippen molar-refractivity contribution < 1.29 is 4.74 Å². The number of para-hydroxylation sites is 1. The van der Waals surface area contributed by atoms with E-state index in [9.17, 15) is 5.26 Å². The van der Waals surface area contributed by atoms with Crippen LogP contribution < -0.4 is 10.6 Å². The summed E-state index contributed by atoms with van der Waals surface area (Å²) >= 11 is 0. The molecule has 28 heavy (non-hydrogen) atoms. The quantitative estimate of drug-likeness (QED) is 0.576. The number of ether oxygens (including phenoxy) is 1. The van der Waals surface area contributed by atoms with Crippen LogP contribution in [-0.2, 0) is 4.74 Å². The third-order valence-electron chi connectivity index (χ3n) is 4.99. The van der Waals surface area contributed by atoms with Gasteiger partial charge in [0.2, 0.25) is 0 Å². The van der Waals surface area contributed by atoms with E-state index in [0.29, 0.717) is 43.3 Å². The first-order valence-corrected chi connectivity index (χ1v) is 9.01. The fourth-order valence-electron chi connectivity index (χ4n) is 3.54. The molecule has 1 fully saturated rings. The SMILES string of the molecule is N#Cc1c(N2CCOCC2)nc2c(-c3cnc4ccccc4c3)cnn2c1N. The molecular weight excluding hydrogens is 354 g/mol. The molecule has 5 rings (SSSR count). The van der Waals surface area contributed by atoms with E-state index in [0.717, 1.165) is 22.0 Å². The first kappa shape index (κ1) is 16.5. The lowest BCUT2D eigenvalue weighted by Crippen LogP contribution is -2.37. The number of anilines is 2. The van der Waals surface area contributed by atoms with Crippen LogP contribution in [0.1, 0.15) is 5.56 Å². The summed E-state index contributed by atoms with van der Waals surface area (Å²) in [5.41, 5.74) is 9.87. The van der Waals surface area contributed by atoms with Gasteiger partial charge in [0.15, 0.2) is 11.5 Å². The van der Waals surface area contributed by atoms with Gasteiger partial charge >= 0.3 is 0 Å². The molecule has 0 bridgehead atoms. The van der Waals surface area contributed by atoms with Crippen molar-refractivity contribution in [2.45, 2.75) is 0 Å². The monoisotopic (exact) mass is 371 g/mol. The Kier molecular flexibility index (Phi) is 3.81. The van der Waals surface area contributed by atoms with Crippen LogP contribution >= 0.6 is 0 Å². The summed E-state index contributed by atoms with van der Waals surface area (Å²) in [5.74, 6) is 0.861. The summed E-state index contributed by atoms with van der Waals surface area (Å²) < 4.78 is 6.94. The van der Waals surface area contributed by atoms with Crippen molar-refractivity contribution in [1.29, 1.82) is 5.26 Å². The fraction of sp³-hybridized carbons (Fsp3) is 0.200. The van der Waals surface area contributed by atoms with Gasteiger partial charge in [0, 0.05) is 35.8 Å². The molecule has 0 saturated carbocycles. The molecule has 0 amide bonds. The predicted octanol–water partition coefficient (Wildman–Crippen LogP) is 2.23. The molecule has 1 aliphatic rings. The molecule has 0 spiro atoms. The molecule has 1 aliphatic heterocycles. The summed E-state index contributed by atoms with van der Waals surface area (Å²) in [4.78, 5) is 11.4. The van der Waals surface area contributed by atoms with Gasteiger partial charge in [0.05, 0.1) is 24.9 Å². The van der Waals surface area contributed by atoms with Gasteiger partial charge in [-0.15, -0.1) is 0 Å². The fourth-order valence-corrected chi connectivity index (χ4v) is 3.54. The number of benzene rings is 1. The number of nitriles is 1. The van der Waals surface area contributed by atoms with E-state index < -0.39 is 0 Å². The zero-order valence-corrected chi connectivity index (χ0v) is 15.0. The number of aromatic nitrogens is 4. The maximum absolute atomic E-state index is 9.65. The number of hydrogen-bond donors (Lipinski definition) is 1. The molecule has 8 heteroatoms. The smallest absolute Gasteiger partial charge is 0.167 e. The molecule has 3 aromatic heterocycles. The minimum absolute atomic E-state index is 0.286. The Morgan fingerprint density at radius 3 is 2.79 bits per heavy atom. The van der Waals surface area contributed by atoms with E-state index in [4.69, 9.17) is 15.5 Å².